The van der Waals surface area contributed by atoms with Crippen LogP contribution in [0.4, 0.5) is 0 Å². The van der Waals surface area contributed by atoms with Crippen LogP contribution in [0.5, 0.6) is 0 Å². The summed E-state index contributed by atoms with van der Waals surface area (Å²) < 4.78 is 1.90. The summed E-state index contributed by atoms with van der Waals surface area (Å²) >= 11 is 5.95. The van der Waals surface area contributed by atoms with Crippen LogP contribution in [0.2, 0.25) is 5.15 Å². The van der Waals surface area contributed by atoms with E-state index in [2.05, 4.69) is 4.98 Å². The van der Waals surface area contributed by atoms with Gasteiger partial charge in [0.1, 0.15) is 5.82 Å². The summed E-state index contributed by atoms with van der Waals surface area (Å²) in [5, 5.41) is 9.77. The molecule has 0 radical (unpaired) electrons. The lowest BCUT2D eigenvalue weighted by Crippen LogP contribution is -2.07. The van der Waals surface area contributed by atoms with E-state index in [4.69, 9.17) is 11.6 Å². The number of hydrogen-bond donors (Lipinski definition) is 1. The number of aliphatic hydroxyl groups excluding tert-OH is 1. The van der Waals surface area contributed by atoms with Gasteiger partial charge in [0.2, 0.25) is 0 Å². The number of hydrogen-bond acceptors (Lipinski definition) is 2. The lowest BCUT2D eigenvalue weighted by Gasteiger charge is -2.02. The minimum Gasteiger partial charge on any atom is -0.393 e. The molecular formula is C10H11ClN2O. The Morgan fingerprint density at radius 2 is 2.36 bits per heavy atom. The molecule has 0 spiro atoms. The number of rotatable bonds is 2. The number of aliphatic hydroxyl groups is 1. The van der Waals surface area contributed by atoms with Crippen LogP contribution in [0.3, 0.4) is 0 Å². The minimum atomic E-state index is -0.406. The molecule has 2 rings (SSSR count). The van der Waals surface area contributed by atoms with E-state index in [0.717, 1.165) is 11.3 Å². The Labute approximate surface area is 87.0 Å². The van der Waals surface area contributed by atoms with Crippen LogP contribution in [0, 0.1) is 0 Å². The van der Waals surface area contributed by atoms with Crippen molar-refractivity contribution < 1.29 is 5.11 Å². The van der Waals surface area contributed by atoms with Gasteiger partial charge in [-0.3, -0.25) is 0 Å². The summed E-state index contributed by atoms with van der Waals surface area (Å²) in [5.74, 6) is 0.792. The van der Waals surface area contributed by atoms with E-state index in [1.165, 1.54) is 0 Å². The molecule has 0 fully saturated rings. The molecule has 0 aliphatic carbocycles. The lowest BCUT2D eigenvalue weighted by molar-refractivity contribution is 0.192. The molecule has 0 saturated heterocycles. The second kappa shape index (κ2) is 3.59. The SMILES string of the molecule is CC(O)Cc1nc(Cl)c2ccccn12. The second-order valence-electron chi connectivity index (χ2n) is 3.33. The molecule has 1 unspecified atom stereocenters. The van der Waals surface area contributed by atoms with Crippen LogP contribution in [0.1, 0.15) is 12.7 Å². The van der Waals surface area contributed by atoms with Crippen molar-refractivity contribution in [3.8, 4) is 0 Å². The van der Waals surface area contributed by atoms with Crippen molar-refractivity contribution >= 4 is 17.1 Å². The van der Waals surface area contributed by atoms with E-state index < -0.39 is 6.10 Å². The predicted molar refractivity (Wildman–Crippen MR) is 55.6 cm³/mol. The molecule has 2 aromatic rings. The summed E-state index contributed by atoms with van der Waals surface area (Å²) in [6, 6.07) is 5.73. The fraction of sp³-hybridized carbons (Fsp3) is 0.300. The molecule has 14 heavy (non-hydrogen) atoms. The van der Waals surface area contributed by atoms with Crippen LogP contribution >= 0.6 is 11.6 Å². The van der Waals surface area contributed by atoms with Gasteiger partial charge in [-0.1, -0.05) is 17.7 Å². The highest BCUT2D eigenvalue weighted by molar-refractivity contribution is 6.32. The highest BCUT2D eigenvalue weighted by Crippen LogP contribution is 2.18. The summed E-state index contributed by atoms with van der Waals surface area (Å²) in [6.45, 7) is 1.73. The zero-order valence-corrected chi connectivity index (χ0v) is 8.57. The van der Waals surface area contributed by atoms with Gasteiger partial charge in [-0.25, -0.2) is 4.98 Å². The summed E-state index contributed by atoms with van der Waals surface area (Å²) in [4.78, 5) is 4.20. The number of imidazole rings is 1. The first kappa shape index (κ1) is 9.49. The zero-order chi connectivity index (χ0) is 10.1. The van der Waals surface area contributed by atoms with Crippen molar-refractivity contribution in [2.45, 2.75) is 19.4 Å². The Morgan fingerprint density at radius 3 is 3.07 bits per heavy atom. The van der Waals surface area contributed by atoms with Crippen LogP contribution < -0.4 is 0 Å². The molecule has 0 aromatic carbocycles. The highest BCUT2D eigenvalue weighted by Gasteiger charge is 2.09. The van der Waals surface area contributed by atoms with Gasteiger partial charge in [-0.05, 0) is 19.1 Å². The molecule has 0 aliphatic rings. The smallest absolute Gasteiger partial charge is 0.155 e. The van der Waals surface area contributed by atoms with E-state index >= 15 is 0 Å². The topological polar surface area (TPSA) is 37.5 Å². The van der Waals surface area contributed by atoms with Crippen LogP contribution in [0.25, 0.3) is 5.52 Å². The number of fused-ring (bicyclic) bond motifs is 1. The van der Waals surface area contributed by atoms with Crippen molar-refractivity contribution in [3.63, 3.8) is 0 Å². The van der Waals surface area contributed by atoms with Gasteiger partial charge in [-0.15, -0.1) is 0 Å². The predicted octanol–water partition coefficient (Wildman–Crippen LogP) is 1.91. The molecular weight excluding hydrogens is 200 g/mol. The Morgan fingerprint density at radius 1 is 1.57 bits per heavy atom. The van der Waals surface area contributed by atoms with E-state index in [0.29, 0.717) is 11.6 Å². The Balaban J connectivity index is 2.55. The molecule has 74 valence electrons. The maximum absolute atomic E-state index is 9.28. The molecule has 0 bridgehead atoms. The van der Waals surface area contributed by atoms with E-state index in [-0.39, 0.29) is 0 Å². The molecule has 0 amide bonds. The van der Waals surface area contributed by atoms with Crippen LogP contribution in [0.15, 0.2) is 24.4 Å². The third-order valence-electron chi connectivity index (χ3n) is 2.05. The normalized spacial score (nSPS) is 13.4. The highest BCUT2D eigenvalue weighted by atomic mass is 35.5. The van der Waals surface area contributed by atoms with Gasteiger partial charge in [-0.2, -0.15) is 0 Å². The van der Waals surface area contributed by atoms with Gasteiger partial charge in [0.05, 0.1) is 11.6 Å². The first-order chi connectivity index (χ1) is 6.68. The standard InChI is InChI=1S/C10H11ClN2O/c1-7(14)6-9-12-10(11)8-4-2-3-5-13(8)9/h2-5,7,14H,6H2,1H3. The molecule has 1 N–H and O–H groups in total. The largest absolute Gasteiger partial charge is 0.393 e. The molecule has 3 nitrogen and oxygen atoms in total. The average Bonchev–Trinajstić information content (AvgIpc) is 2.44. The third kappa shape index (κ3) is 1.61. The monoisotopic (exact) mass is 210 g/mol. The molecule has 2 aromatic heterocycles. The van der Waals surface area contributed by atoms with Crippen molar-refractivity contribution in [3.05, 3.63) is 35.4 Å². The van der Waals surface area contributed by atoms with Gasteiger partial charge < -0.3 is 9.51 Å². The third-order valence-corrected chi connectivity index (χ3v) is 2.33. The number of aromatic nitrogens is 2. The fourth-order valence-corrected chi connectivity index (χ4v) is 1.72. The van der Waals surface area contributed by atoms with E-state index in [1.807, 2.05) is 28.8 Å². The van der Waals surface area contributed by atoms with Crippen LogP contribution in [-0.4, -0.2) is 20.6 Å². The summed E-state index contributed by atoms with van der Waals surface area (Å²) in [7, 11) is 0. The fourth-order valence-electron chi connectivity index (χ4n) is 1.47. The Bertz CT molecular complexity index is 450. The van der Waals surface area contributed by atoms with E-state index in [9.17, 15) is 5.11 Å². The first-order valence-corrected chi connectivity index (χ1v) is 4.86. The summed E-state index contributed by atoms with van der Waals surface area (Å²) in [5.41, 5.74) is 0.879. The first-order valence-electron chi connectivity index (χ1n) is 4.48. The quantitative estimate of drug-likeness (QED) is 0.822. The zero-order valence-electron chi connectivity index (χ0n) is 7.81. The van der Waals surface area contributed by atoms with Gasteiger partial charge in [0, 0.05) is 12.6 Å². The lowest BCUT2D eigenvalue weighted by atomic mass is 10.3. The molecule has 0 saturated carbocycles. The van der Waals surface area contributed by atoms with E-state index in [1.54, 1.807) is 6.92 Å². The molecule has 1 atom stereocenters. The van der Waals surface area contributed by atoms with Gasteiger partial charge in [0.15, 0.2) is 5.15 Å². The van der Waals surface area contributed by atoms with Crippen molar-refractivity contribution in [2.24, 2.45) is 0 Å². The van der Waals surface area contributed by atoms with Gasteiger partial charge in [0.25, 0.3) is 0 Å². The van der Waals surface area contributed by atoms with Gasteiger partial charge >= 0.3 is 0 Å². The van der Waals surface area contributed by atoms with Crippen LogP contribution in [-0.2, 0) is 6.42 Å². The molecule has 2 heterocycles. The number of pyridine rings is 1. The number of halogens is 1. The molecule has 0 aliphatic heterocycles. The summed E-state index contributed by atoms with van der Waals surface area (Å²) in [6.07, 6.45) is 2.00. The maximum Gasteiger partial charge on any atom is 0.155 e. The van der Waals surface area contributed by atoms with Crippen molar-refractivity contribution in [2.75, 3.05) is 0 Å². The average molecular weight is 211 g/mol. The Hall–Kier alpha value is -1.06. The Kier molecular flexibility index (Phi) is 2.44. The second-order valence-corrected chi connectivity index (χ2v) is 3.69. The minimum absolute atomic E-state index is 0.406. The number of nitrogens with zero attached hydrogens (tertiary/aromatic N) is 2. The van der Waals surface area contributed by atoms with Crippen molar-refractivity contribution in [1.29, 1.82) is 0 Å². The van der Waals surface area contributed by atoms with Crippen molar-refractivity contribution in [1.82, 2.24) is 9.38 Å². The maximum atomic E-state index is 9.28. The molecule has 4 heteroatoms.